The van der Waals surface area contributed by atoms with E-state index in [9.17, 15) is 20.1 Å². The molecule has 0 aliphatic carbocycles. The monoisotopic (exact) mass is 276 g/mol. The Bertz CT molecular complexity index is 662. The molecule has 1 amide bonds. The Hall–Kier alpha value is -3.23. The van der Waals surface area contributed by atoms with Crippen LogP contribution in [0.15, 0.2) is 46.2 Å². The molecular weight excluding hydrogens is 268 g/mol. The summed E-state index contributed by atoms with van der Waals surface area (Å²) in [6.45, 7) is 0. The van der Waals surface area contributed by atoms with Gasteiger partial charge in [0.2, 0.25) is 0 Å². The van der Waals surface area contributed by atoms with Crippen LogP contribution in [-0.2, 0) is 0 Å². The maximum atomic E-state index is 11.6. The second-order valence-electron chi connectivity index (χ2n) is 3.58. The van der Waals surface area contributed by atoms with E-state index in [0.717, 1.165) is 6.21 Å². The molecule has 0 aliphatic heterocycles. The molecule has 0 aromatic carbocycles. The molecule has 0 spiro atoms. The van der Waals surface area contributed by atoms with Crippen molar-refractivity contribution in [3.05, 3.63) is 63.3 Å². The molecule has 102 valence electrons. The first kappa shape index (κ1) is 13.2. The van der Waals surface area contributed by atoms with Crippen molar-refractivity contribution in [2.75, 3.05) is 0 Å². The van der Waals surface area contributed by atoms with Crippen molar-refractivity contribution in [3.63, 3.8) is 0 Å². The Labute approximate surface area is 111 Å². The van der Waals surface area contributed by atoms with Gasteiger partial charge in [0.05, 0.1) is 17.8 Å². The highest BCUT2D eigenvalue weighted by Crippen LogP contribution is 2.13. The second kappa shape index (κ2) is 5.61. The van der Waals surface area contributed by atoms with Crippen molar-refractivity contribution in [1.29, 1.82) is 0 Å². The van der Waals surface area contributed by atoms with Crippen LogP contribution < -0.4 is 10.2 Å². The van der Waals surface area contributed by atoms with Crippen molar-refractivity contribution in [2.45, 2.75) is 0 Å². The lowest BCUT2D eigenvalue weighted by Gasteiger charge is -1.98. The zero-order valence-electron chi connectivity index (χ0n) is 9.92. The first-order chi connectivity index (χ1) is 9.56. The third-order valence-corrected chi connectivity index (χ3v) is 2.21. The number of furan rings is 1. The van der Waals surface area contributed by atoms with Gasteiger partial charge in [0, 0.05) is 12.1 Å². The topological polar surface area (TPSA) is 125 Å². The van der Waals surface area contributed by atoms with Crippen LogP contribution in [0.5, 0.6) is 0 Å². The molecule has 0 saturated carbocycles. The number of hydrazone groups is 1. The van der Waals surface area contributed by atoms with Crippen molar-refractivity contribution < 1.29 is 18.9 Å². The van der Waals surface area contributed by atoms with Gasteiger partial charge in [-0.05, 0) is 6.07 Å². The number of rotatable bonds is 4. The predicted molar refractivity (Wildman–Crippen MR) is 65.8 cm³/mol. The van der Waals surface area contributed by atoms with Crippen molar-refractivity contribution in [1.82, 2.24) is 5.43 Å². The maximum Gasteiger partial charge on any atom is 0.433 e. The summed E-state index contributed by atoms with van der Waals surface area (Å²) in [5.74, 6) is -0.814. The number of aromatic nitrogens is 1. The fraction of sp³-hybridized carbons (Fsp3) is 0. The van der Waals surface area contributed by atoms with E-state index in [4.69, 9.17) is 4.42 Å². The molecule has 0 atom stereocenters. The van der Waals surface area contributed by atoms with E-state index in [0.29, 0.717) is 4.73 Å². The van der Waals surface area contributed by atoms with E-state index in [1.54, 1.807) is 0 Å². The van der Waals surface area contributed by atoms with Gasteiger partial charge in [-0.2, -0.15) is 9.83 Å². The second-order valence-corrected chi connectivity index (χ2v) is 3.58. The number of hydrogen-bond donors (Lipinski definition) is 1. The fourth-order valence-electron chi connectivity index (χ4n) is 1.29. The van der Waals surface area contributed by atoms with Crippen LogP contribution in [0, 0.1) is 15.3 Å². The highest BCUT2D eigenvalue weighted by Gasteiger charge is 2.10. The zero-order valence-corrected chi connectivity index (χ0v) is 9.92. The Balaban J connectivity index is 1.97. The summed E-state index contributed by atoms with van der Waals surface area (Å²) in [6.07, 6.45) is 3.48. The first-order valence-corrected chi connectivity index (χ1v) is 5.33. The molecule has 0 bridgehead atoms. The minimum atomic E-state index is -0.682. The average molecular weight is 276 g/mol. The molecule has 20 heavy (non-hydrogen) atoms. The number of carbonyl (C=O) groups excluding carboxylic acids is 1. The molecule has 0 fully saturated rings. The van der Waals surface area contributed by atoms with Gasteiger partial charge in [0.1, 0.15) is 4.92 Å². The molecule has 0 aliphatic rings. The van der Waals surface area contributed by atoms with E-state index < -0.39 is 16.7 Å². The van der Waals surface area contributed by atoms with Crippen LogP contribution in [0.1, 0.15) is 16.1 Å². The van der Waals surface area contributed by atoms with Crippen molar-refractivity contribution >= 4 is 18.0 Å². The summed E-state index contributed by atoms with van der Waals surface area (Å²) in [4.78, 5) is 21.3. The molecule has 2 aromatic heterocycles. The number of nitrogens with zero attached hydrogens (tertiary/aromatic N) is 3. The lowest BCUT2D eigenvalue weighted by molar-refractivity contribution is -0.605. The van der Waals surface area contributed by atoms with E-state index >= 15 is 0 Å². The van der Waals surface area contributed by atoms with E-state index in [-0.39, 0.29) is 11.3 Å². The van der Waals surface area contributed by atoms with Crippen LogP contribution in [0.3, 0.4) is 0 Å². The molecule has 2 heterocycles. The number of hydrogen-bond acceptors (Lipinski definition) is 6. The normalized spacial score (nSPS) is 10.6. The molecule has 1 N–H and O–H groups in total. The highest BCUT2D eigenvalue weighted by atomic mass is 16.6. The van der Waals surface area contributed by atoms with E-state index in [1.165, 1.54) is 36.7 Å². The van der Waals surface area contributed by atoms with Crippen LogP contribution in [0.2, 0.25) is 0 Å². The number of pyridine rings is 1. The minimum absolute atomic E-state index is 0.127. The summed E-state index contributed by atoms with van der Waals surface area (Å²) >= 11 is 0. The molecular formula is C11H8N4O5. The molecule has 9 nitrogen and oxygen atoms in total. The molecule has 2 rings (SSSR count). The first-order valence-electron chi connectivity index (χ1n) is 5.33. The molecule has 9 heteroatoms. The minimum Gasteiger partial charge on any atom is -0.619 e. The summed E-state index contributed by atoms with van der Waals surface area (Å²) in [5, 5.41) is 24.8. The average Bonchev–Trinajstić information content (AvgIpc) is 2.88. The largest absolute Gasteiger partial charge is 0.619 e. The Morgan fingerprint density at radius 1 is 1.35 bits per heavy atom. The summed E-state index contributed by atoms with van der Waals surface area (Å²) in [6, 6.07) is 5.18. The van der Waals surface area contributed by atoms with Crippen molar-refractivity contribution in [2.24, 2.45) is 5.10 Å². The van der Waals surface area contributed by atoms with Crippen LogP contribution in [0.4, 0.5) is 5.88 Å². The number of carbonyl (C=O) groups is 1. The molecule has 0 radical (unpaired) electrons. The zero-order chi connectivity index (χ0) is 14.5. The quantitative estimate of drug-likeness (QED) is 0.287. The maximum absolute atomic E-state index is 11.6. The van der Waals surface area contributed by atoms with Crippen LogP contribution in [-0.4, -0.2) is 17.0 Å². The van der Waals surface area contributed by atoms with Gasteiger partial charge in [-0.1, -0.05) is 0 Å². The SMILES string of the molecule is O=C(N/N=C\c1ccc([N+](=O)[O-])o1)c1cc[n+]([O-])cc1. The molecule has 0 saturated heterocycles. The Morgan fingerprint density at radius 3 is 2.65 bits per heavy atom. The standard InChI is InChI=1S/C11H8N4O5/c16-11(8-3-5-14(17)6-4-8)13-12-7-9-1-2-10(20-9)15(18)19/h1-7H,(H,13,16)/b12-7-. The predicted octanol–water partition coefficient (Wildman–Crippen LogP) is 0.585. The molecule has 2 aromatic rings. The van der Waals surface area contributed by atoms with E-state index in [2.05, 4.69) is 10.5 Å². The fourth-order valence-corrected chi connectivity index (χ4v) is 1.29. The summed E-state index contributed by atoms with van der Waals surface area (Å²) < 4.78 is 5.35. The van der Waals surface area contributed by atoms with Gasteiger partial charge >= 0.3 is 5.88 Å². The summed E-state index contributed by atoms with van der Waals surface area (Å²) in [5.41, 5.74) is 2.44. The van der Waals surface area contributed by atoms with E-state index in [1.807, 2.05) is 0 Å². The van der Waals surface area contributed by atoms with Crippen molar-refractivity contribution in [3.8, 4) is 0 Å². The van der Waals surface area contributed by atoms with Gasteiger partial charge < -0.3 is 9.62 Å². The summed E-state index contributed by atoms with van der Waals surface area (Å²) in [7, 11) is 0. The highest BCUT2D eigenvalue weighted by molar-refractivity contribution is 5.94. The number of nitro groups is 1. The smallest absolute Gasteiger partial charge is 0.433 e. The lowest BCUT2D eigenvalue weighted by atomic mass is 10.3. The number of nitrogens with one attached hydrogen (secondary N) is 1. The third-order valence-electron chi connectivity index (χ3n) is 2.21. The van der Waals surface area contributed by atoms with Crippen LogP contribution >= 0.6 is 0 Å². The van der Waals surface area contributed by atoms with Gasteiger partial charge in [0.25, 0.3) is 5.91 Å². The van der Waals surface area contributed by atoms with Crippen LogP contribution in [0.25, 0.3) is 0 Å². The van der Waals surface area contributed by atoms with Gasteiger partial charge in [-0.3, -0.25) is 14.9 Å². The van der Waals surface area contributed by atoms with Gasteiger partial charge in [0.15, 0.2) is 18.2 Å². The Morgan fingerprint density at radius 2 is 2.05 bits per heavy atom. The third kappa shape index (κ3) is 3.16. The molecule has 0 unspecified atom stereocenters. The number of amides is 1. The van der Waals surface area contributed by atoms with Gasteiger partial charge in [-0.25, -0.2) is 5.43 Å². The Kier molecular flexibility index (Phi) is 3.70. The lowest BCUT2D eigenvalue weighted by Crippen LogP contribution is -2.26. The van der Waals surface area contributed by atoms with Gasteiger partial charge in [-0.15, -0.1) is 0 Å².